The zero-order chi connectivity index (χ0) is 14.5. The fourth-order valence-corrected chi connectivity index (χ4v) is 3.21. The van der Waals surface area contributed by atoms with Gasteiger partial charge in [0.1, 0.15) is 5.75 Å². The maximum atomic E-state index is 6.26. The van der Waals surface area contributed by atoms with Gasteiger partial charge in [-0.15, -0.1) is 0 Å². The molecule has 2 N–H and O–H groups in total. The number of rotatable bonds is 6. The van der Waals surface area contributed by atoms with Crippen molar-refractivity contribution >= 4 is 0 Å². The Bertz CT molecular complexity index is 423. The van der Waals surface area contributed by atoms with Crippen LogP contribution < -0.4 is 10.5 Å². The molecule has 4 nitrogen and oxygen atoms in total. The van der Waals surface area contributed by atoms with Gasteiger partial charge in [0.05, 0.1) is 19.8 Å². The first kappa shape index (κ1) is 15.3. The number of benzene rings is 1. The van der Waals surface area contributed by atoms with E-state index in [1.54, 1.807) is 14.2 Å². The van der Waals surface area contributed by atoms with E-state index in [-0.39, 0.29) is 12.1 Å². The predicted octanol–water partition coefficient (Wildman–Crippen LogP) is 2.05. The van der Waals surface area contributed by atoms with Gasteiger partial charge in [0.15, 0.2) is 0 Å². The third-order valence-corrected chi connectivity index (χ3v) is 4.07. The van der Waals surface area contributed by atoms with Crippen LogP contribution in [-0.4, -0.2) is 44.9 Å². The van der Waals surface area contributed by atoms with Gasteiger partial charge in [0, 0.05) is 25.3 Å². The molecule has 1 aliphatic rings. The topological polar surface area (TPSA) is 47.7 Å². The molecule has 0 aliphatic carbocycles. The molecule has 0 spiro atoms. The molecule has 112 valence electrons. The smallest absolute Gasteiger partial charge is 0.123 e. The quantitative estimate of drug-likeness (QED) is 0.865. The van der Waals surface area contributed by atoms with Gasteiger partial charge in [-0.2, -0.15) is 0 Å². The summed E-state index contributed by atoms with van der Waals surface area (Å²) in [4.78, 5) is 2.46. The molecule has 2 rings (SSSR count). The normalized spacial score (nSPS) is 22.7. The van der Waals surface area contributed by atoms with Crippen molar-refractivity contribution in [3.05, 3.63) is 29.8 Å². The lowest BCUT2D eigenvalue weighted by atomic mass is 9.98. The predicted molar refractivity (Wildman–Crippen MR) is 80.9 cm³/mol. The standard InChI is InChI=1S/C16H26N2O2/c1-12(17)16(14-6-4-5-7-15(14)20-3)18-9-8-13(10-18)11-19-2/h4-7,12-13,16H,8-11,17H2,1-3H3. The van der Waals surface area contributed by atoms with Crippen LogP contribution >= 0.6 is 0 Å². The van der Waals surface area contributed by atoms with E-state index in [0.29, 0.717) is 5.92 Å². The summed E-state index contributed by atoms with van der Waals surface area (Å²) in [6.45, 7) is 5.01. The maximum absolute atomic E-state index is 6.26. The average Bonchev–Trinajstić information content (AvgIpc) is 2.88. The first-order valence-corrected chi connectivity index (χ1v) is 7.28. The Balaban J connectivity index is 2.20. The Morgan fingerprint density at radius 1 is 1.35 bits per heavy atom. The van der Waals surface area contributed by atoms with E-state index in [2.05, 4.69) is 24.0 Å². The molecule has 0 amide bonds. The highest BCUT2D eigenvalue weighted by atomic mass is 16.5. The second-order valence-corrected chi connectivity index (χ2v) is 5.65. The van der Waals surface area contributed by atoms with Crippen molar-refractivity contribution in [3.8, 4) is 5.75 Å². The van der Waals surface area contributed by atoms with Gasteiger partial charge in [-0.3, -0.25) is 4.90 Å². The summed E-state index contributed by atoms with van der Waals surface area (Å²) in [7, 11) is 3.49. The molecule has 1 aromatic carbocycles. The van der Waals surface area contributed by atoms with Gasteiger partial charge in [-0.05, 0) is 31.9 Å². The first-order valence-electron chi connectivity index (χ1n) is 7.28. The highest BCUT2D eigenvalue weighted by Crippen LogP contribution is 2.34. The Hall–Kier alpha value is -1.10. The Morgan fingerprint density at radius 2 is 2.10 bits per heavy atom. The SMILES string of the molecule is COCC1CCN(C(c2ccccc2OC)C(C)N)C1. The Kier molecular flexibility index (Phi) is 5.40. The van der Waals surface area contributed by atoms with Crippen LogP contribution in [0.4, 0.5) is 0 Å². The van der Waals surface area contributed by atoms with Gasteiger partial charge in [0.2, 0.25) is 0 Å². The van der Waals surface area contributed by atoms with E-state index in [4.69, 9.17) is 15.2 Å². The fraction of sp³-hybridized carbons (Fsp3) is 0.625. The molecular formula is C16H26N2O2. The summed E-state index contributed by atoms with van der Waals surface area (Å²) in [6.07, 6.45) is 1.17. The van der Waals surface area contributed by atoms with E-state index in [0.717, 1.165) is 25.4 Å². The minimum absolute atomic E-state index is 0.0626. The van der Waals surface area contributed by atoms with Crippen molar-refractivity contribution in [2.24, 2.45) is 11.7 Å². The minimum Gasteiger partial charge on any atom is -0.496 e. The lowest BCUT2D eigenvalue weighted by Gasteiger charge is -2.32. The maximum Gasteiger partial charge on any atom is 0.123 e. The Labute approximate surface area is 121 Å². The third kappa shape index (κ3) is 3.32. The number of hydrogen-bond donors (Lipinski definition) is 1. The van der Waals surface area contributed by atoms with Crippen molar-refractivity contribution < 1.29 is 9.47 Å². The van der Waals surface area contributed by atoms with E-state index in [1.807, 2.05) is 12.1 Å². The summed E-state index contributed by atoms with van der Waals surface area (Å²) in [6, 6.07) is 8.44. The lowest BCUT2D eigenvalue weighted by molar-refractivity contribution is 0.143. The van der Waals surface area contributed by atoms with Crippen LogP contribution in [0.3, 0.4) is 0 Å². The van der Waals surface area contributed by atoms with E-state index in [9.17, 15) is 0 Å². The van der Waals surface area contributed by atoms with Gasteiger partial charge in [-0.25, -0.2) is 0 Å². The molecule has 0 aromatic heterocycles. The molecule has 3 atom stereocenters. The number of hydrogen-bond acceptors (Lipinski definition) is 4. The van der Waals surface area contributed by atoms with Crippen LogP contribution in [0.2, 0.25) is 0 Å². The van der Waals surface area contributed by atoms with Gasteiger partial charge < -0.3 is 15.2 Å². The highest BCUT2D eigenvalue weighted by molar-refractivity contribution is 5.36. The molecule has 1 heterocycles. The molecule has 0 saturated carbocycles. The van der Waals surface area contributed by atoms with Gasteiger partial charge in [0.25, 0.3) is 0 Å². The van der Waals surface area contributed by atoms with E-state index in [1.165, 1.54) is 12.0 Å². The summed E-state index contributed by atoms with van der Waals surface area (Å²) < 4.78 is 10.8. The van der Waals surface area contributed by atoms with Crippen molar-refractivity contribution in [3.63, 3.8) is 0 Å². The number of ether oxygens (including phenoxy) is 2. The molecular weight excluding hydrogens is 252 g/mol. The van der Waals surface area contributed by atoms with Crippen molar-refractivity contribution in [2.45, 2.75) is 25.4 Å². The lowest BCUT2D eigenvalue weighted by Crippen LogP contribution is -2.38. The number of nitrogens with zero attached hydrogens (tertiary/aromatic N) is 1. The van der Waals surface area contributed by atoms with E-state index >= 15 is 0 Å². The first-order chi connectivity index (χ1) is 9.67. The molecule has 4 heteroatoms. The molecule has 3 unspecified atom stereocenters. The second kappa shape index (κ2) is 7.07. The number of para-hydroxylation sites is 1. The summed E-state index contributed by atoms with van der Waals surface area (Å²) in [5.41, 5.74) is 7.45. The number of methoxy groups -OCH3 is 2. The minimum atomic E-state index is 0.0626. The molecule has 0 radical (unpaired) electrons. The van der Waals surface area contributed by atoms with Crippen LogP contribution in [0.25, 0.3) is 0 Å². The van der Waals surface area contributed by atoms with Crippen LogP contribution in [-0.2, 0) is 4.74 Å². The largest absolute Gasteiger partial charge is 0.496 e. The average molecular weight is 278 g/mol. The van der Waals surface area contributed by atoms with Crippen LogP contribution in [0.15, 0.2) is 24.3 Å². The third-order valence-electron chi connectivity index (χ3n) is 4.07. The zero-order valence-electron chi connectivity index (χ0n) is 12.7. The zero-order valence-corrected chi connectivity index (χ0v) is 12.7. The van der Waals surface area contributed by atoms with Crippen molar-refractivity contribution in [1.82, 2.24) is 4.90 Å². The van der Waals surface area contributed by atoms with Crippen LogP contribution in [0.1, 0.15) is 24.9 Å². The second-order valence-electron chi connectivity index (χ2n) is 5.65. The molecule has 1 fully saturated rings. The van der Waals surface area contributed by atoms with Crippen LogP contribution in [0, 0.1) is 5.92 Å². The highest BCUT2D eigenvalue weighted by Gasteiger charge is 2.32. The number of nitrogens with two attached hydrogens (primary N) is 1. The van der Waals surface area contributed by atoms with Gasteiger partial charge in [-0.1, -0.05) is 18.2 Å². The van der Waals surface area contributed by atoms with Gasteiger partial charge >= 0.3 is 0 Å². The van der Waals surface area contributed by atoms with Crippen molar-refractivity contribution in [2.75, 3.05) is 33.9 Å². The summed E-state index contributed by atoms with van der Waals surface area (Å²) in [5, 5.41) is 0. The molecule has 1 aromatic rings. The summed E-state index contributed by atoms with van der Waals surface area (Å²) >= 11 is 0. The molecule has 20 heavy (non-hydrogen) atoms. The fourth-order valence-electron chi connectivity index (χ4n) is 3.21. The van der Waals surface area contributed by atoms with Crippen LogP contribution in [0.5, 0.6) is 5.75 Å². The molecule has 1 aliphatic heterocycles. The molecule has 1 saturated heterocycles. The molecule has 0 bridgehead atoms. The number of likely N-dealkylation sites (tertiary alicyclic amines) is 1. The van der Waals surface area contributed by atoms with E-state index < -0.39 is 0 Å². The van der Waals surface area contributed by atoms with Crippen molar-refractivity contribution in [1.29, 1.82) is 0 Å². The monoisotopic (exact) mass is 278 g/mol. The Morgan fingerprint density at radius 3 is 2.75 bits per heavy atom. The summed E-state index contributed by atoms with van der Waals surface area (Å²) in [5.74, 6) is 1.53.